The number of hydrogen-bond donors (Lipinski definition) is 1. The summed E-state index contributed by atoms with van der Waals surface area (Å²) in [7, 11) is -3.55. The first-order valence-corrected chi connectivity index (χ1v) is 10.7. The average molecular weight is 415 g/mol. The molecule has 0 aromatic heterocycles. The third-order valence-electron chi connectivity index (χ3n) is 4.19. The van der Waals surface area contributed by atoms with Crippen LogP contribution in [0.1, 0.15) is 50.9 Å². The molecular formula is C19H24ClO6P. The molecule has 0 fully saturated rings. The highest BCUT2D eigenvalue weighted by Crippen LogP contribution is 2.47. The molecule has 6 nitrogen and oxygen atoms in total. The summed E-state index contributed by atoms with van der Waals surface area (Å²) in [4.78, 5) is 25.2. The van der Waals surface area contributed by atoms with E-state index in [0.717, 1.165) is 0 Å². The first-order valence-electron chi connectivity index (χ1n) is 8.74. The lowest BCUT2D eigenvalue weighted by Gasteiger charge is -2.29. The second kappa shape index (κ2) is 8.27. The van der Waals surface area contributed by atoms with Crippen LogP contribution < -0.4 is 5.30 Å². The molecule has 0 heterocycles. The van der Waals surface area contributed by atoms with Crippen molar-refractivity contribution in [3.8, 4) is 0 Å². The van der Waals surface area contributed by atoms with Crippen molar-refractivity contribution in [1.82, 2.24) is 0 Å². The Bertz CT molecular complexity index is 833. The van der Waals surface area contributed by atoms with Crippen molar-refractivity contribution in [2.45, 2.75) is 40.5 Å². The highest BCUT2D eigenvalue weighted by Gasteiger charge is 2.37. The standard InChI is InChI=1S/C19H24ClO6P/c1-5-25-27(24,26-6-2)12-7-8-13(14(20)9-12)18(23)17-15(21)10-19(3,4)11-16(17)22/h7-9,21H,5-6,10-11H2,1-4H3. The summed E-state index contributed by atoms with van der Waals surface area (Å²) in [6, 6.07) is 4.15. The van der Waals surface area contributed by atoms with Gasteiger partial charge < -0.3 is 14.2 Å². The number of Topliss-reactive ketones (excluding diaryl/α,β-unsaturated/α-hetero) is 2. The van der Waals surface area contributed by atoms with Gasteiger partial charge in [0.2, 0.25) is 5.78 Å². The van der Waals surface area contributed by atoms with Crippen molar-refractivity contribution in [1.29, 1.82) is 0 Å². The van der Waals surface area contributed by atoms with Crippen LogP contribution in [0.25, 0.3) is 0 Å². The van der Waals surface area contributed by atoms with E-state index in [1.165, 1.54) is 18.2 Å². The topological polar surface area (TPSA) is 89.9 Å². The van der Waals surface area contributed by atoms with E-state index in [0.29, 0.717) is 0 Å². The number of rotatable bonds is 7. The SMILES string of the molecule is CCOP(=O)(OCC)c1ccc(C(=O)C2=C(O)CC(C)(C)CC2=O)c(Cl)c1. The van der Waals surface area contributed by atoms with E-state index in [9.17, 15) is 19.3 Å². The molecule has 2 rings (SSSR count). The Morgan fingerprint density at radius 1 is 1.22 bits per heavy atom. The fraction of sp³-hybridized carbons (Fsp3) is 0.474. The second-order valence-electron chi connectivity index (χ2n) is 7.09. The van der Waals surface area contributed by atoms with Gasteiger partial charge >= 0.3 is 7.60 Å². The van der Waals surface area contributed by atoms with Gasteiger partial charge in [0.15, 0.2) is 5.78 Å². The van der Waals surface area contributed by atoms with E-state index >= 15 is 0 Å². The zero-order valence-corrected chi connectivity index (χ0v) is 17.5. The summed E-state index contributed by atoms with van der Waals surface area (Å²) in [5.74, 6) is -1.29. The quantitative estimate of drug-likeness (QED) is 0.398. The molecular weight excluding hydrogens is 391 g/mol. The van der Waals surface area contributed by atoms with Gasteiger partial charge in [-0.1, -0.05) is 25.4 Å². The maximum absolute atomic E-state index is 12.8. The minimum Gasteiger partial charge on any atom is -0.511 e. The molecule has 0 unspecified atom stereocenters. The Balaban J connectivity index is 2.42. The third kappa shape index (κ3) is 4.69. The molecule has 0 saturated carbocycles. The second-order valence-corrected chi connectivity index (χ2v) is 9.52. The lowest BCUT2D eigenvalue weighted by Crippen LogP contribution is -2.29. The van der Waals surface area contributed by atoms with Gasteiger partial charge in [-0.2, -0.15) is 0 Å². The molecule has 0 bridgehead atoms. The Morgan fingerprint density at radius 2 is 1.81 bits per heavy atom. The molecule has 1 N–H and O–H groups in total. The summed E-state index contributed by atoms with van der Waals surface area (Å²) in [5, 5.41) is 10.5. The predicted molar refractivity (Wildman–Crippen MR) is 104 cm³/mol. The van der Waals surface area contributed by atoms with Gasteiger partial charge in [-0.15, -0.1) is 0 Å². The Labute approximate surface area is 164 Å². The van der Waals surface area contributed by atoms with Gasteiger partial charge in [-0.3, -0.25) is 14.2 Å². The molecule has 8 heteroatoms. The minimum atomic E-state index is -3.55. The molecule has 0 spiro atoms. The third-order valence-corrected chi connectivity index (χ3v) is 6.61. The van der Waals surface area contributed by atoms with E-state index in [1.54, 1.807) is 13.8 Å². The van der Waals surface area contributed by atoms with Crippen LogP contribution in [-0.4, -0.2) is 29.9 Å². The Hall–Kier alpha value is -1.46. The highest BCUT2D eigenvalue weighted by molar-refractivity contribution is 7.62. The number of aliphatic hydroxyl groups is 1. The first-order chi connectivity index (χ1) is 12.5. The molecule has 1 aliphatic rings. The van der Waals surface area contributed by atoms with Crippen molar-refractivity contribution in [3.63, 3.8) is 0 Å². The van der Waals surface area contributed by atoms with Crippen LogP contribution in [0.5, 0.6) is 0 Å². The fourth-order valence-electron chi connectivity index (χ4n) is 3.07. The monoisotopic (exact) mass is 414 g/mol. The summed E-state index contributed by atoms with van der Waals surface area (Å²) in [6.07, 6.45) is 0.400. The van der Waals surface area contributed by atoms with Gasteiger partial charge in [0.1, 0.15) is 11.3 Å². The number of hydrogen-bond acceptors (Lipinski definition) is 6. The van der Waals surface area contributed by atoms with Crippen LogP contribution in [0.15, 0.2) is 29.5 Å². The van der Waals surface area contributed by atoms with Crippen LogP contribution in [0.4, 0.5) is 0 Å². The van der Waals surface area contributed by atoms with E-state index in [2.05, 4.69) is 0 Å². The van der Waals surface area contributed by atoms with Crippen LogP contribution in [-0.2, 0) is 18.4 Å². The summed E-state index contributed by atoms with van der Waals surface area (Å²) in [6.45, 7) is 7.45. The summed E-state index contributed by atoms with van der Waals surface area (Å²) in [5.41, 5.74) is -0.586. The molecule has 0 aliphatic heterocycles. The molecule has 1 aromatic carbocycles. The molecule has 148 valence electrons. The van der Waals surface area contributed by atoms with Gasteiger partial charge in [-0.05, 0) is 37.5 Å². The molecule has 0 amide bonds. The molecule has 27 heavy (non-hydrogen) atoms. The minimum absolute atomic E-state index is 0.00932. The normalized spacial score (nSPS) is 17.3. The summed E-state index contributed by atoms with van der Waals surface area (Å²) >= 11 is 6.23. The molecule has 0 atom stereocenters. The lowest BCUT2D eigenvalue weighted by molar-refractivity contribution is -0.118. The maximum atomic E-state index is 12.8. The van der Waals surface area contributed by atoms with Gasteiger partial charge in [0.25, 0.3) is 0 Å². The smallest absolute Gasteiger partial charge is 0.361 e. The van der Waals surface area contributed by atoms with Crippen LogP contribution in [0.3, 0.4) is 0 Å². The molecule has 1 aliphatic carbocycles. The van der Waals surface area contributed by atoms with Crippen molar-refractivity contribution in [2.24, 2.45) is 5.41 Å². The maximum Gasteiger partial charge on any atom is 0.361 e. The number of carbonyl (C=O) groups is 2. The zero-order chi connectivity index (χ0) is 20.4. The summed E-state index contributed by atoms with van der Waals surface area (Å²) < 4.78 is 23.4. The van der Waals surface area contributed by atoms with Gasteiger partial charge in [0.05, 0.1) is 23.5 Å². The Kier molecular flexibility index (Phi) is 6.69. The molecule has 1 aromatic rings. The molecule has 0 saturated heterocycles. The van der Waals surface area contributed by atoms with Crippen molar-refractivity contribution < 1.29 is 28.3 Å². The first kappa shape index (κ1) is 21.8. The van der Waals surface area contributed by atoms with E-state index in [4.69, 9.17) is 20.6 Å². The number of aliphatic hydroxyl groups excluding tert-OH is 1. The van der Waals surface area contributed by atoms with Crippen molar-refractivity contribution in [2.75, 3.05) is 13.2 Å². The fourth-order valence-corrected chi connectivity index (χ4v) is 5.00. The number of carbonyl (C=O) groups excluding carboxylic acids is 2. The molecule has 0 radical (unpaired) electrons. The average Bonchev–Trinajstić information content (AvgIpc) is 2.53. The number of ketones is 2. The predicted octanol–water partition coefficient (Wildman–Crippen LogP) is 4.62. The van der Waals surface area contributed by atoms with Crippen molar-refractivity contribution >= 4 is 36.1 Å². The largest absolute Gasteiger partial charge is 0.511 e. The Morgan fingerprint density at radius 3 is 2.30 bits per heavy atom. The van der Waals surface area contributed by atoms with E-state index in [-0.39, 0.29) is 53.3 Å². The number of allylic oxidation sites excluding steroid dienone is 2. The van der Waals surface area contributed by atoms with Crippen LogP contribution >= 0.6 is 19.2 Å². The van der Waals surface area contributed by atoms with E-state index in [1.807, 2.05) is 13.8 Å². The van der Waals surface area contributed by atoms with Crippen LogP contribution in [0.2, 0.25) is 5.02 Å². The van der Waals surface area contributed by atoms with Crippen LogP contribution in [0, 0.1) is 5.41 Å². The lowest BCUT2D eigenvalue weighted by atomic mass is 9.75. The highest BCUT2D eigenvalue weighted by atomic mass is 35.5. The number of halogens is 1. The van der Waals surface area contributed by atoms with Crippen molar-refractivity contribution in [3.05, 3.63) is 40.1 Å². The zero-order valence-electron chi connectivity index (χ0n) is 15.9. The van der Waals surface area contributed by atoms with Gasteiger partial charge in [0, 0.05) is 18.4 Å². The number of benzene rings is 1. The van der Waals surface area contributed by atoms with Gasteiger partial charge in [-0.25, -0.2) is 0 Å². The van der Waals surface area contributed by atoms with E-state index < -0.39 is 24.6 Å².